The van der Waals surface area contributed by atoms with Gasteiger partial charge in [-0.1, -0.05) is 30.7 Å². The molecule has 1 heterocycles. The number of benzene rings is 1. The SMILES string of the molecule is CC1CCN([C@@H]2CC[C@H](N(C)S(=O)(=O)c3ccccc3Cl)C2)CC1. The standard InChI is InChI=1S/C18H27ClN2O2S/c1-14-9-11-21(12-10-14)16-8-7-15(13-16)20(2)24(22,23)18-6-4-3-5-17(18)19/h3-6,14-16H,7-13H2,1-2H3/t15-,16+/m0/s1. The number of hydrogen-bond donors (Lipinski definition) is 0. The molecule has 0 bridgehead atoms. The summed E-state index contributed by atoms with van der Waals surface area (Å²) in [5.74, 6) is 0.821. The van der Waals surface area contributed by atoms with Crippen molar-refractivity contribution >= 4 is 21.6 Å². The van der Waals surface area contributed by atoms with E-state index in [0.717, 1.165) is 38.3 Å². The lowest BCUT2D eigenvalue weighted by atomic mass is 9.97. The third-order valence-electron chi connectivity index (χ3n) is 5.72. The van der Waals surface area contributed by atoms with Crippen molar-refractivity contribution in [2.75, 3.05) is 20.1 Å². The molecule has 0 N–H and O–H groups in total. The molecule has 0 amide bonds. The molecule has 24 heavy (non-hydrogen) atoms. The van der Waals surface area contributed by atoms with Crippen LogP contribution in [0.4, 0.5) is 0 Å². The predicted octanol–water partition coefficient (Wildman–Crippen LogP) is 3.61. The van der Waals surface area contributed by atoms with Crippen molar-refractivity contribution in [2.45, 2.75) is 56.0 Å². The van der Waals surface area contributed by atoms with E-state index in [0.29, 0.717) is 11.1 Å². The third kappa shape index (κ3) is 3.64. The van der Waals surface area contributed by atoms with Gasteiger partial charge in [-0.25, -0.2) is 8.42 Å². The van der Waals surface area contributed by atoms with Crippen molar-refractivity contribution in [1.29, 1.82) is 0 Å². The van der Waals surface area contributed by atoms with E-state index in [1.165, 1.54) is 12.8 Å². The molecule has 1 aromatic carbocycles. The maximum Gasteiger partial charge on any atom is 0.244 e. The average Bonchev–Trinajstić information content (AvgIpc) is 3.05. The predicted molar refractivity (Wildman–Crippen MR) is 97.8 cm³/mol. The van der Waals surface area contributed by atoms with E-state index in [1.54, 1.807) is 35.6 Å². The molecular formula is C18H27ClN2O2S. The summed E-state index contributed by atoms with van der Waals surface area (Å²) in [4.78, 5) is 2.78. The van der Waals surface area contributed by atoms with Crippen molar-refractivity contribution in [3.05, 3.63) is 29.3 Å². The van der Waals surface area contributed by atoms with Crippen LogP contribution in [-0.2, 0) is 10.0 Å². The van der Waals surface area contributed by atoms with Crippen LogP contribution in [0.1, 0.15) is 39.0 Å². The molecule has 0 aromatic heterocycles. The fourth-order valence-electron chi connectivity index (χ4n) is 4.00. The van der Waals surface area contributed by atoms with Crippen molar-refractivity contribution < 1.29 is 8.42 Å². The summed E-state index contributed by atoms with van der Waals surface area (Å²) in [7, 11) is -1.83. The van der Waals surface area contributed by atoms with Gasteiger partial charge in [0.05, 0.1) is 5.02 Å². The highest BCUT2D eigenvalue weighted by Gasteiger charge is 2.37. The maximum absolute atomic E-state index is 12.9. The van der Waals surface area contributed by atoms with Gasteiger partial charge in [0, 0.05) is 19.1 Å². The molecule has 134 valence electrons. The van der Waals surface area contributed by atoms with E-state index in [9.17, 15) is 8.42 Å². The summed E-state index contributed by atoms with van der Waals surface area (Å²) in [5.41, 5.74) is 0. The van der Waals surface area contributed by atoms with Crippen molar-refractivity contribution in [3.63, 3.8) is 0 Å². The number of nitrogens with zero attached hydrogens (tertiary/aromatic N) is 2. The zero-order valence-corrected chi connectivity index (χ0v) is 16.1. The fraction of sp³-hybridized carbons (Fsp3) is 0.667. The molecule has 1 aliphatic heterocycles. The van der Waals surface area contributed by atoms with Gasteiger partial charge in [-0.3, -0.25) is 0 Å². The Hall–Kier alpha value is -0.620. The lowest BCUT2D eigenvalue weighted by Gasteiger charge is -2.35. The summed E-state index contributed by atoms with van der Waals surface area (Å²) < 4.78 is 27.3. The second kappa shape index (κ2) is 7.32. The third-order valence-corrected chi connectivity index (χ3v) is 8.13. The van der Waals surface area contributed by atoms with E-state index in [-0.39, 0.29) is 10.9 Å². The van der Waals surface area contributed by atoms with E-state index in [1.807, 2.05) is 0 Å². The Kier molecular flexibility index (Phi) is 5.55. The van der Waals surface area contributed by atoms with Crippen LogP contribution in [0, 0.1) is 5.92 Å². The quantitative estimate of drug-likeness (QED) is 0.812. The molecule has 2 fully saturated rings. The minimum Gasteiger partial charge on any atom is -0.300 e. The van der Waals surface area contributed by atoms with E-state index < -0.39 is 10.0 Å². The second-order valence-electron chi connectivity index (χ2n) is 7.29. The van der Waals surface area contributed by atoms with Gasteiger partial charge in [0.1, 0.15) is 4.90 Å². The molecule has 0 radical (unpaired) electrons. The van der Waals surface area contributed by atoms with Gasteiger partial charge in [-0.05, 0) is 63.2 Å². The largest absolute Gasteiger partial charge is 0.300 e. The van der Waals surface area contributed by atoms with Crippen LogP contribution in [0.25, 0.3) is 0 Å². The molecular weight excluding hydrogens is 344 g/mol. The lowest BCUT2D eigenvalue weighted by Crippen LogP contribution is -2.41. The van der Waals surface area contributed by atoms with Crippen LogP contribution in [0.2, 0.25) is 5.02 Å². The summed E-state index contributed by atoms with van der Waals surface area (Å²) >= 11 is 6.11. The molecule has 2 aliphatic rings. The molecule has 0 spiro atoms. The number of likely N-dealkylation sites (tertiary alicyclic amines) is 1. The highest BCUT2D eigenvalue weighted by atomic mass is 35.5. The molecule has 2 atom stereocenters. The second-order valence-corrected chi connectivity index (χ2v) is 9.66. The molecule has 1 saturated heterocycles. The Morgan fingerprint density at radius 1 is 1.12 bits per heavy atom. The number of rotatable bonds is 4. The Morgan fingerprint density at radius 3 is 2.46 bits per heavy atom. The number of sulfonamides is 1. The van der Waals surface area contributed by atoms with Gasteiger partial charge < -0.3 is 4.90 Å². The Balaban J connectivity index is 1.68. The lowest BCUT2D eigenvalue weighted by molar-refractivity contribution is 0.136. The van der Waals surface area contributed by atoms with Gasteiger partial charge in [-0.15, -0.1) is 0 Å². The van der Waals surface area contributed by atoms with Gasteiger partial charge in [-0.2, -0.15) is 4.31 Å². The number of hydrogen-bond acceptors (Lipinski definition) is 3. The minimum absolute atomic E-state index is 0.0654. The molecule has 0 unspecified atom stereocenters. The monoisotopic (exact) mass is 370 g/mol. The Morgan fingerprint density at radius 2 is 1.79 bits per heavy atom. The van der Waals surface area contributed by atoms with Gasteiger partial charge in [0.2, 0.25) is 10.0 Å². The van der Waals surface area contributed by atoms with Crippen molar-refractivity contribution in [2.24, 2.45) is 5.92 Å². The highest BCUT2D eigenvalue weighted by Crippen LogP contribution is 2.33. The van der Waals surface area contributed by atoms with E-state index in [2.05, 4.69) is 11.8 Å². The zero-order valence-electron chi connectivity index (χ0n) is 14.5. The van der Waals surface area contributed by atoms with Crippen LogP contribution in [0.5, 0.6) is 0 Å². The van der Waals surface area contributed by atoms with E-state index in [4.69, 9.17) is 11.6 Å². The summed E-state index contributed by atoms with van der Waals surface area (Å²) in [6.45, 7) is 4.62. The molecule has 1 aromatic rings. The first-order valence-electron chi connectivity index (χ1n) is 8.86. The van der Waals surface area contributed by atoms with Crippen LogP contribution >= 0.6 is 11.6 Å². The first kappa shape index (κ1) is 18.2. The first-order valence-corrected chi connectivity index (χ1v) is 10.7. The van der Waals surface area contributed by atoms with Gasteiger partial charge in [0.25, 0.3) is 0 Å². The molecule has 1 aliphatic carbocycles. The Bertz CT molecular complexity index is 671. The first-order chi connectivity index (χ1) is 11.4. The van der Waals surface area contributed by atoms with Crippen LogP contribution < -0.4 is 0 Å². The molecule has 1 saturated carbocycles. The maximum atomic E-state index is 12.9. The number of piperidine rings is 1. The summed E-state index contributed by atoms with van der Waals surface area (Å²) in [5, 5.41) is 0.295. The highest BCUT2D eigenvalue weighted by molar-refractivity contribution is 7.89. The molecule has 3 rings (SSSR count). The summed E-state index contributed by atoms with van der Waals surface area (Å²) in [6.07, 6.45) is 5.46. The Labute approximate surface area is 150 Å². The minimum atomic E-state index is -3.53. The molecule has 6 heteroatoms. The van der Waals surface area contributed by atoms with Crippen LogP contribution in [0.3, 0.4) is 0 Å². The summed E-state index contributed by atoms with van der Waals surface area (Å²) in [6, 6.07) is 7.28. The fourth-order valence-corrected chi connectivity index (χ4v) is 5.88. The van der Waals surface area contributed by atoms with Crippen LogP contribution in [0.15, 0.2) is 29.2 Å². The smallest absolute Gasteiger partial charge is 0.244 e. The van der Waals surface area contributed by atoms with Gasteiger partial charge >= 0.3 is 0 Å². The van der Waals surface area contributed by atoms with Crippen molar-refractivity contribution in [1.82, 2.24) is 9.21 Å². The topological polar surface area (TPSA) is 40.6 Å². The number of halogens is 1. The molecule has 4 nitrogen and oxygen atoms in total. The van der Waals surface area contributed by atoms with Gasteiger partial charge in [0.15, 0.2) is 0 Å². The zero-order chi connectivity index (χ0) is 17.3. The van der Waals surface area contributed by atoms with E-state index >= 15 is 0 Å². The van der Waals surface area contributed by atoms with Crippen LogP contribution in [-0.4, -0.2) is 49.8 Å². The normalized spacial score (nSPS) is 27.0. The van der Waals surface area contributed by atoms with Crippen molar-refractivity contribution in [3.8, 4) is 0 Å². The average molecular weight is 371 g/mol.